The second-order valence-corrected chi connectivity index (χ2v) is 4.26. The Bertz CT molecular complexity index is 367. The molecule has 0 saturated carbocycles. The first-order valence-electron chi connectivity index (χ1n) is 6.38. The molecule has 18 heavy (non-hydrogen) atoms. The molecule has 0 aliphatic rings. The third-order valence-corrected chi connectivity index (χ3v) is 2.54. The topological polar surface area (TPSA) is 64.3 Å². The van der Waals surface area contributed by atoms with Crippen molar-refractivity contribution in [1.82, 2.24) is 5.32 Å². The molecule has 0 aliphatic carbocycles. The molecule has 1 aromatic carbocycles. The second-order valence-electron chi connectivity index (χ2n) is 4.26. The van der Waals surface area contributed by atoms with Crippen molar-refractivity contribution in [3.05, 3.63) is 29.8 Å². The van der Waals surface area contributed by atoms with Crippen molar-refractivity contribution < 1.29 is 9.53 Å². The fourth-order valence-electron chi connectivity index (χ4n) is 1.58. The van der Waals surface area contributed by atoms with Crippen molar-refractivity contribution in [2.24, 2.45) is 5.73 Å². The molecule has 0 spiro atoms. The van der Waals surface area contributed by atoms with Crippen LogP contribution in [0.15, 0.2) is 24.3 Å². The number of ether oxygens (including phenoxy) is 1. The predicted octanol–water partition coefficient (Wildman–Crippen LogP) is 1.62. The number of nitrogens with one attached hydrogen (secondary N) is 1. The fourth-order valence-corrected chi connectivity index (χ4v) is 1.58. The van der Waals surface area contributed by atoms with E-state index < -0.39 is 0 Å². The van der Waals surface area contributed by atoms with Gasteiger partial charge in [-0.3, -0.25) is 4.79 Å². The van der Waals surface area contributed by atoms with Gasteiger partial charge in [-0.05, 0) is 44.0 Å². The third kappa shape index (κ3) is 6.25. The Labute approximate surface area is 109 Å². The Kier molecular flexibility index (Phi) is 6.87. The monoisotopic (exact) mass is 250 g/mol. The maximum Gasteiger partial charge on any atom is 0.220 e. The molecule has 0 saturated heterocycles. The van der Waals surface area contributed by atoms with Crippen molar-refractivity contribution in [2.75, 3.05) is 19.7 Å². The summed E-state index contributed by atoms with van der Waals surface area (Å²) in [6.07, 6.45) is 2.29. The van der Waals surface area contributed by atoms with Crippen LogP contribution in [-0.2, 0) is 4.79 Å². The van der Waals surface area contributed by atoms with Crippen molar-refractivity contribution >= 4 is 5.91 Å². The lowest BCUT2D eigenvalue weighted by Crippen LogP contribution is -2.27. The summed E-state index contributed by atoms with van der Waals surface area (Å²) in [7, 11) is 0. The number of hydrogen-bond donors (Lipinski definition) is 2. The zero-order valence-electron chi connectivity index (χ0n) is 10.9. The van der Waals surface area contributed by atoms with Crippen molar-refractivity contribution in [1.29, 1.82) is 0 Å². The molecule has 4 heteroatoms. The van der Waals surface area contributed by atoms with Crippen LogP contribution in [0.1, 0.15) is 24.8 Å². The number of nitrogens with two attached hydrogens (primary N) is 1. The molecule has 1 aromatic rings. The van der Waals surface area contributed by atoms with Crippen LogP contribution in [0, 0.1) is 6.92 Å². The van der Waals surface area contributed by atoms with Crippen LogP contribution >= 0.6 is 0 Å². The molecule has 0 bridgehead atoms. The van der Waals surface area contributed by atoms with Gasteiger partial charge in [-0.1, -0.05) is 12.1 Å². The average Bonchev–Trinajstić information content (AvgIpc) is 2.35. The number of benzene rings is 1. The van der Waals surface area contributed by atoms with Gasteiger partial charge in [-0.15, -0.1) is 0 Å². The van der Waals surface area contributed by atoms with Crippen LogP contribution in [0.3, 0.4) is 0 Å². The average molecular weight is 250 g/mol. The SMILES string of the molecule is Cc1cccc(OCCNC(=O)CCCCN)c1. The van der Waals surface area contributed by atoms with E-state index in [1.54, 1.807) is 0 Å². The standard InChI is InChI=1S/C14H22N2O2/c1-12-5-4-6-13(11-12)18-10-9-16-14(17)7-2-3-8-15/h4-6,11H,2-3,7-10,15H2,1H3,(H,16,17). The summed E-state index contributed by atoms with van der Waals surface area (Å²) in [5, 5.41) is 2.82. The maximum atomic E-state index is 11.4. The van der Waals surface area contributed by atoms with E-state index in [0.717, 1.165) is 18.6 Å². The van der Waals surface area contributed by atoms with Gasteiger partial charge in [0.25, 0.3) is 0 Å². The summed E-state index contributed by atoms with van der Waals surface area (Å²) in [5.41, 5.74) is 6.53. The Hall–Kier alpha value is -1.55. The zero-order chi connectivity index (χ0) is 13.2. The highest BCUT2D eigenvalue weighted by molar-refractivity contribution is 5.75. The smallest absolute Gasteiger partial charge is 0.220 e. The van der Waals surface area contributed by atoms with E-state index >= 15 is 0 Å². The van der Waals surface area contributed by atoms with E-state index in [4.69, 9.17) is 10.5 Å². The molecule has 1 rings (SSSR count). The van der Waals surface area contributed by atoms with Crippen molar-refractivity contribution in [3.8, 4) is 5.75 Å². The molecule has 100 valence electrons. The lowest BCUT2D eigenvalue weighted by Gasteiger charge is -2.08. The number of aryl methyl sites for hydroxylation is 1. The van der Waals surface area contributed by atoms with Gasteiger partial charge in [-0.2, -0.15) is 0 Å². The van der Waals surface area contributed by atoms with Gasteiger partial charge in [-0.25, -0.2) is 0 Å². The third-order valence-electron chi connectivity index (χ3n) is 2.54. The van der Waals surface area contributed by atoms with Gasteiger partial charge >= 0.3 is 0 Å². The summed E-state index contributed by atoms with van der Waals surface area (Å²) in [6.45, 7) is 3.69. The number of hydrogen-bond acceptors (Lipinski definition) is 3. The Morgan fingerprint density at radius 1 is 1.39 bits per heavy atom. The number of unbranched alkanes of at least 4 members (excludes halogenated alkanes) is 1. The molecule has 3 N–H and O–H groups in total. The summed E-state index contributed by atoms with van der Waals surface area (Å²) >= 11 is 0. The van der Waals surface area contributed by atoms with E-state index in [2.05, 4.69) is 5.32 Å². The van der Waals surface area contributed by atoms with Crippen LogP contribution in [0.2, 0.25) is 0 Å². The quantitative estimate of drug-likeness (QED) is 0.689. The maximum absolute atomic E-state index is 11.4. The predicted molar refractivity (Wildman–Crippen MR) is 72.6 cm³/mol. The van der Waals surface area contributed by atoms with Crippen molar-refractivity contribution in [3.63, 3.8) is 0 Å². The van der Waals surface area contributed by atoms with Crippen LogP contribution in [0.4, 0.5) is 0 Å². The lowest BCUT2D eigenvalue weighted by molar-refractivity contribution is -0.121. The van der Waals surface area contributed by atoms with E-state index in [1.165, 1.54) is 5.56 Å². The minimum absolute atomic E-state index is 0.0660. The van der Waals surface area contributed by atoms with Gasteiger partial charge in [0.2, 0.25) is 5.91 Å². The van der Waals surface area contributed by atoms with E-state index in [-0.39, 0.29) is 5.91 Å². The van der Waals surface area contributed by atoms with Gasteiger partial charge in [0.1, 0.15) is 12.4 Å². The highest BCUT2D eigenvalue weighted by Gasteiger charge is 2.00. The first-order valence-corrected chi connectivity index (χ1v) is 6.38. The molecule has 0 atom stereocenters. The molecular weight excluding hydrogens is 228 g/mol. The minimum atomic E-state index is 0.0660. The van der Waals surface area contributed by atoms with Crippen LogP contribution < -0.4 is 15.8 Å². The Balaban J connectivity index is 2.09. The van der Waals surface area contributed by atoms with Crippen LogP contribution in [-0.4, -0.2) is 25.6 Å². The van der Waals surface area contributed by atoms with Crippen molar-refractivity contribution in [2.45, 2.75) is 26.2 Å². The number of rotatable bonds is 8. The molecule has 0 heterocycles. The molecular formula is C14H22N2O2. The molecule has 4 nitrogen and oxygen atoms in total. The van der Waals surface area contributed by atoms with Gasteiger partial charge in [0.05, 0.1) is 6.54 Å². The molecule has 0 aliphatic heterocycles. The van der Waals surface area contributed by atoms with E-state index in [9.17, 15) is 4.79 Å². The summed E-state index contributed by atoms with van der Waals surface area (Å²) in [6, 6.07) is 7.86. The summed E-state index contributed by atoms with van der Waals surface area (Å²) in [4.78, 5) is 11.4. The van der Waals surface area contributed by atoms with Crippen LogP contribution in [0.5, 0.6) is 5.75 Å². The zero-order valence-corrected chi connectivity index (χ0v) is 10.9. The van der Waals surface area contributed by atoms with Crippen LogP contribution in [0.25, 0.3) is 0 Å². The summed E-state index contributed by atoms with van der Waals surface area (Å²) in [5.74, 6) is 0.906. The lowest BCUT2D eigenvalue weighted by atomic mass is 10.2. The summed E-state index contributed by atoms with van der Waals surface area (Å²) < 4.78 is 5.53. The Morgan fingerprint density at radius 3 is 2.94 bits per heavy atom. The number of carbonyl (C=O) groups excluding carboxylic acids is 1. The van der Waals surface area contributed by atoms with Gasteiger partial charge < -0.3 is 15.8 Å². The number of amides is 1. The second kappa shape index (κ2) is 8.53. The molecule has 1 amide bonds. The van der Waals surface area contributed by atoms with Gasteiger partial charge in [0.15, 0.2) is 0 Å². The largest absolute Gasteiger partial charge is 0.492 e. The minimum Gasteiger partial charge on any atom is -0.492 e. The Morgan fingerprint density at radius 2 is 2.22 bits per heavy atom. The first kappa shape index (κ1) is 14.5. The van der Waals surface area contributed by atoms with Gasteiger partial charge in [0, 0.05) is 6.42 Å². The highest BCUT2D eigenvalue weighted by Crippen LogP contribution is 2.11. The fraction of sp³-hybridized carbons (Fsp3) is 0.500. The molecule has 0 radical (unpaired) electrons. The molecule has 0 fully saturated rings. The highest BCUT2D eigenvalue weighted by atomic mass is 16.5. The number of carbonyl (C=O) groups is 1. The van der Waals surface area contributed by atoms with E-state index in [1.807, 2.05) is 31.2 Å². The van der Waals surface area contributed by atoms with E-state index in [0.29, 0.717) is 26.1 Å². The normalized spacial score (nSPS) is 10.1. The molecule has 0 unspecified atom stereocenters. The molecule has 0 aromatic heterocycles. The first-order chi connectivity index (χ1) is 8.72.